The topological polar surface area (TPSA) is 96.0 Å². The Morgan fingerprint density at radius 2 is 1.96 bits per heavy atom. The Morgan fingerprint density at radius 1 is 1.26 bits per heavy atom. The van der Waals surface area contributed by atoms with Crippen LogP contribution in [0.15, 0.2) is 42.5 Å². The van der Waals surface area contributed by atoms with E-state index in [0.717, 1.165) is 5.56 Å². The molecule has 116 valence electrons. The van der Waals surface area contributed by atoms with Gasteiger partial charge in [-0.25, -0.2) is 0 Å². The summed E-state index contributed by atoms with van der Waals surface area (Å²) in [5, 5.41) is 22.3. The van der Waals surface area contributed by atoms with Crippen molar-refractivity contribution in [2.75, 3.05) is 5.32 Å². The zero-order valence-corrected chi connectivity index (χ0v) is 12.6. The van der Waals surface area contributed by atoms with Crippen molar-refractivity contribution in [1.82, 2.24) is 0 Å². The minimum atomic E-state index is -0.470. The lowest BCUT2D eigenvalue weighted by Crippen LogP contribution is -2.13. The molecule has 2 aromatic rings. The summed E-state index contributed by atoms with van der Waals surface area (Å²) < 4.78 is 0. The molecule has 6 heteroatoms. The third-order valence-electron chi connectivity index (χ3n) is 3.50. The van der Waals surface area contributed by atoms with Crippen LogP contribution in [-0.2, 0) is 11.2 Å². The lowest BCUT2D eigenvalue weighted by atomic mass is 10.1. The van der Waals surface area contributed by atoms with Gasteiger partial charge in [-0.2, -0.15) is 5.26 Å². The molecule has 1 N–H and O–H groups in total. The van der Waals surface area contributed by atoms with Crippen molar-refractivity contribution in [3.63, 3.8) is 0 Å². The summed E-state index contributed by atoms with van der Waals surface area (Å²) in [5.74, 6) is -0.210. The Morgan fingerprint density at radius 3 is 2.57 bits per heavy atom. The van der Waals surface area contributed by atoms with E-state index in [1.165, 1.54) is 6.07 Å². The molecule has 0 unspecified atom stereocenters. The van der Waals surface area contributed by atoms with Crippen LogP contribution in [0.25, 0.3) is 0 Å². The van der Waals surface area contributed by atoms with Gasteiger partial charge in [0.25, 0.3) is 5.69 Å². The molecule has 0 aliphatic heterocycles. The first kappa shape index (κ1) is 16.2. The molecule has 0 heterocycles. The zero-order valence-electron chi connectivity index (χ0n) is 12.6. The SMILES string of the molecule is Cc1c(NC(=O)CCc2ccc(C#N)cc2)cccc1[N+](=O)[O-]. The Kier molecular flexibility index (Phi) is 5.05. The molecule has 0 spiro atoms. The van der Waals surface area contributed by atoms with Crippen molar-refractivity contribution in [2.24, 2.45) is 0 Å². The average Bonchev–Trinajstić information content (AvgIpc) is 2.55. The van der Waals surface area contributed by atoms with Gasteiger partial charge in [-0.3, -0.25) is 14.9 Å². The molecule has 0 atom stereocenters. The quantitative estimate of drug-likeness (QED) is 0.676. The Labute approximate surface area is 133 Å². The van der Waals surface area contributed by atoms with Gasteiger partial charge in [0, 0.05) is 12.5 Å². The van der Waals surface area contributed by atoms with Gasteiger partial charge < -0.3 is 5.32 Å². The highest BCUT2D eigenvalue weighted by Crippen LogP contribution is 2.25. The van der Waals surface area contributed by atoms with Gasteiger partial charge in [-0.05, 0) is 37.1 Å². The van der Waals surface area contributed by atoms with Crippen molar-refractivity contribution >= 4 is 17.3 Å². The number of hydrogen-bond donors (Lipinski definition) is 1. The molecule has 0 radical (unpaired) electrons. The standard InChI is InChI=1S/C17H15N3O3/c1-12-15(3-2-4-16(12)20(22)23)19-17(21)10-9-13-5-7-14(11-18)8-6-13/h2-8H,9-10H2,1H3,(H,19,21). The van der Waals surface area contributed by atoms with Crippen LogP contribution in [0, 0.1) is 28.4 Å². The number of nitro groups is 1. The number of nitriles is 1. The molecule has 0 saturated carbocycles. The number of amides is 1. The summed E-state index contributed by atoms with van der Waals surface area (Å²) in [6.07, 6.45) is 0.791. The maximum atomic E-state index is 12.0. The predicted octanol–water partition coefficient (Wildman–Crippen LogP) is 3.35. The maximum absolute atomic E-state index is 12.0. The predicted molar refractivity (Wildman–Crippen MR) is 85.9 cm³/mol. The summed E-state index contributed by atoms with van der Waals surface area (Å²) in [5.41, 5.74) is 2.39. The van der Waals surface area contributed by atoms with E-state index in [-0.39, 0.29) is 18.0 Å². The monoisotopic (exact) mass is 309 g/mol. The molecule has 2 rings (SSSR count). The molecule has 0 aliphatic rings. The Bertz CT molecular complexity index is 777. The molecule has 1 amide bonds. The summed E-state index contributed by atoms with van der Waals surface area (Å²) in [4.78, 5) is 22.4. The van der Waals surface area contributed by atoms with Crippen molar-refractivity contribution in [3.8, 4) is 6.07 Å². The molecule has 2 aromatic carbocycles. The van der Waals surface area contributed by atoms with E-state index in [9.17, 15) is 14.9 Å². The van der Waals surface area contributed by atoms with Gasteiger partial charge in [0.1, 0.15) is 0 Å². The van der Waals surface area contributed by atoms with Crippen molar-refractivity contribution in [3.05, 3.63) is 69.3 Å². The highest BCUT2D eigenvalue weighted by atomic mass is 16.6. The average molecular weight is 309 g/mol. The third kappa shape index (κ3) is 4.14. The minimum absolute atomic E-state index is 0.0186. The van der Waals surface area contributed by atoms with E-state index in [1.807, 2.05) is 18.2 Å². The van der Waals surface area contributed by atoms with Crippen LogP contribution in [0.3, 0.4) is 0 Å². The number of rotatable bonds is 5. The largest absolute Gasteiger partial charge is 0.326 e. The summed E-state index contributed by atoms with van der Waals surface area (Å²) >= 11 is 0. The van der Waals surface area contributed by atoms with Crippen LogP contribution in [0.1, 0.15) is 23.1 Å². The van der Waals surface area contributed by atoms with Crippen LogP contribution in [0.4, 0.5) is 11.4 Å². The number of nitrogens with one attached hydrogen (secondary N) is 1. The fourth-order valence-electron chi connectivity index (χ4n) is 2.17. The highest BCUT2D eigenvalue weighted by Gasteiger charge is 2.14. The first-order valence-corrected chi connectivity index (χ1v) is 7.04. The number of aryl methyl sites for hydroxylation is 1. The number of nitrogens with zero attached hydrogens (tertiary/aromatic N) is 2. The van der Waals surface area contributed by atoms with Crippen LogP contribution < -0.4 is 5.32 Å². The van der Waals surface area contributed by atoms with E-state index in [2.05, 4.69) is 5.32 Å². The van der Waals surface area contributed by atoms with Crippen LogP contribution in [0.5, 0.6) is 0 Å². The molecule has 0 saturated heterocycles. The fourth-order valence-corrected chi connectivity index (χ4v) is 2.17. The van der Waals surface area contributed by atoms with Crippen molar-refractivity contribution < 1.29 is 9.72 Å². The second kappa shape index (κ2) is 7.18. The number of hydrogen-bond acceptors (Lipinski definition) is 4. The van der Waals surface area contributed by atoms with Gasteiger partial charge in [0.2, 0.25) is 5.91 Å². The Hall–Kier alpha value is -3.20. The van der Waals surface area contributed by atoms with Crippen LogP contribution >= 0.6 is 0 Å². The summed E-state index contributed by atoms with van der Waals surface area (Å²) in [7, 11) is 0. The van der Waals surface area contributed by atoms with E-state index in [1.54, 1.807) is 31.2 Å². The highest BCUT2D eigenvalue weighted by molar-refractivity contribution is 5.92. The third-order valence-corrected chi connectivity index (χ3v) is 3.50. The normalized spacial score (nSPS) is 9.91. The first-order valence-electron chi connectivity index (χ1n) is 7.04. The lowest BCUT2D eigenvalue weighted by molar-refractivity contribution is -0.385. The van der Waals surface area contributed by atoms with Gasteiger partial charge in [0.05, 0.1) is 27.8 Å². The van der Waals surface area contributed by atoms with E-state index >= 15 is 0 Å². The number of benzene rings is 2. The van der Waals surface area contributed by atoms with Gasteiger partial charge in [-0.15, -0.1) is 0 Å². The number of anilines is 1. The molecular formula is C17H15N3O3. The molecule has 0 bridgehead atoms. The van der Waals surface area contributed by atoms with E-state index in [4.69, 9.17) is 5.26 Å². The number of carbonyl (C=O) groups is 1. The van der Waals surface area contributed by atoms with Crippen molar-refractivity contribution in [2.45, 2.75) is 19.8 Å². The van der Waals surface area contributed by atoms with Gasteiger partial charge >= 0.3 is 0 Å². The van der Waals surface area contributed by atoms with Crippen molar-refractivity contribution in [1.29, 1.82) is 5.26 Å². The second-order valence-corrected chi connectivity index (χ2v) is 5.06. The van der Waals surface area contributed by atoms with E-state index < -0.39 is 4.92 Å². The number of carbonyl (C=O) groups excluding carboxylic acids is 1. The molecule has 23 heavy (non-hydrogen) atoms. The van der Waals surface area contributed by atoms with Crippen LogP contribution in [0.2, 0.25) is 0 Å². The Balaban J connectivity index is 1.98. The maximum Gasteiger partial charge on any atom is 0.274 e. The number of nitro benzene ring substituents is 1. The second-order valence-electron chi connectivity index (χ2n) is 5.06. The fraction of sp³-hybridized carbons (Fsp3) is 0.176. The molecule has 0 aliphatic carbocycles. The van der Waals surface area contributed by atoms with E-state index in [0.29, 0.717) is 23.2 Å². The summed E-state index contributed by atoms with van der Waals surface area (Å²) in [6, 6.07) is 13.7. The lowest BCUT2D eigenvalue weighted by Gasteiger charge is -2.08. The smallest absolute Gasteiger partial charge is 0.274 e. The molecular weight excluding hydrogens is 294 g/mol. The van der Waals surface area contributed by atoms with Crippen LogP contribution in [-0.4, -0.2) is 10.8 Å². The van der Waals surface area contributed by atoms with Gasteiger partial charge in [-0.1, -0.05) is 18.2 Å². The molecule has 6 nitrogen and oxygen atoms in total. The zero-order chi connectivity index (χ0) is 16.8. The molecule has 0 fully saturated rings. The summed E-state index contributed by atoms with van der Waals surface area (Å²) in [6.45, 7) is 1.61. The minimum Gasteiger partial charge on any atom is -0.326 e. The molecule has 0 aromatic heterocycles. The first-order chi connectivity index (χ1) is 11.0. The van der Waals surface area contributed by atoms with Gasteiger partial charge in [0.15, 0.2) is 0 Å².